The van der Waals surface area contributed by atoms with Crippen LogP contribution in [0.2, 0.25) is 0 Å². The van der Waals surface area contributed by atoms with Crippen LogP contribution in [-0.4, -0.2) is 34.0 Å². The Morgan fingerprint density at radius 3 is 2.87 bits per heavy atom. The number of likely N-dealkylation sites (tertiary alicyclic amines) is 1. The van der Waals surface area contributed by atoms with Gasteiger partial charge in [0.2, 0.25) is 17.6 Å². The first kappa shape index (κ1) is 21.0. The zero-order valence-electron chi connectivity index (χ0n) is 17.2. The predicted molar refractivity (Wildman–Crippen MR) is 125 cm³/mol. The fourth-order valence-corrected chi connectivity index (χ4v) is 4.51. The van der Waals surface area contributed by atoms with Crippen molar-refractivity contribution in [1.82, 2.24) is 15.0 Å². The Balaban J connectivity index is 1.38. The summed E-state index contributed by atoms with van der Waals surface area (Å²) in [5.41, 5.74) is 4.07. The molecule has 0 aliphatic carbocycles. The average molecular weight is 516 g/mol. The lowest BCUT2D eigenvalue weighted by Gasteiger charge is -2.31. The summed E-state index contributed by atoms with van der Waals surface area (Å²) in [7, 11) is 0. The van der Waals surface area contributed by atoms with E-state index in [-0.39, 0.29) is 11.8 Å². The molecule has 1 aliphatic heterocycles. The SMILES string of the molecule is Cc1cc(I)ccc1NC(=O)C1CCCN(Cc2nc(-c3ccccc3C)no2)C1. The van der Waals surface area contributed by atoms with Crippen LogP contribution in [0.3, 0.4) is 0 Å². The molecule has 6 nitrogen and oxygen atoms in total. The molecule has 1 aromatic heterocycles. The number of hydrogen-bond donors (Lipinski definition) is 1. The third-order valence-corrected chi connectivity index (χ3v) is 6.21. The normalized spacial score (nSPS) is 17.1. The van der Waals surface area contributed by atoms with Gasteiger partial charge in [0.1, 0.15) is 0 Å². The zero-order chi connectivity index (χ0) is 21.1. The highest BCUT2D eigenvalue weighted by Gasteiger charge is 2.27. The van der Waals surface area contributed by atoms with E-state index in [1.54, 1.807) is 0 Å². The minimum Gasteiger partial charge on any atom is -0.338 e. The molecule has 0 spiro atoms. The van der Waals surface area contributed by atoms with Crippen molar-refractivity contribution >= 4 is 34.2 Å². The van der Waals surface area contributed by atoms with Gasteiger partial charge in [0, 0.05) is 21.4 Å². The molecule has 1 fully saturated rings. The zero-order valence-corrected chi connectivity index (χ0v) is 19.3. The number of carbonyl (C=O) groups is 1. The molecule has 2 heterocycles. The molecule has 3 aromatic rings. The molecular formula is C23H25IN4O2. The van der Waals surface area contributed by atoms with Gasteiger partial charge >= 0.3 is 0 Å². The van der Waals surface area contributed by atoms with Crippen LogP contribution in [0.1, 0.15) is 29.9 Å². The van der Waals surface area contributed by atoms with Gasteiger partial charge in [-0.2, -0.15) is 4.98 Å². The summed E-state index contributed by atoms with van der Waals surface area (Å²) in [5.74, 6) is 1.23. The summed E-state index contributed by atoms with van der Waals surface area (Å²) in [6, 6.07) is 14.1. The molecule has 7 heteroatoms. The summed E-state index contributed by atoms with van der Waals surface area (Å²) < 4.78 is 6.65. The molecule has 1 saturated heterocycles. The lowest BCUT2D eigenvalue weighted by atomic mass is 9.97. The van der Waals surface area contributed by atoms with Gasteiger partial charge in [-0.25, -0.2) is 0 Å². The van der Waals surface area contributed by atoms with Gasteiger partial charge in [0.15, 0.2) is 0 Å². The Labute approximate surface area is 190 Å². The van der Waals surface area contributed by atoms with Gasteiger partial charge in [-0.3, -0.25) is 9.69 Å². The fraction of sp³-hybridized carbons (Fsp3) is 0.348. The van der Waals surface area contributed by atoms with E-state index in [0.717, 1.165) is 45.3 Å². The summed E-state index contributed by atoms with van der Waals surface area (Å²) in [5, 5.41) is 7.25. The fourth-order valence-electron chi connectivity index (χ4n) is 3.86. The molecular weight excluding hydrogens is 491 g/mol. The smallest absolute Gasteiger partial charge is 0.241 e. The van der Waals surface area contributed by atoms with Crippen molar-refractivity contribution in [3.63, 3.8) is 0 Å². The van der Waals surface area contributed by atoms with Crippen LogP contribution in [0.15, 0.2) is 47.0 Å². The van der Waals surface area contributed by atoms with E-state index in [1.807, 2.05) is 50.2 Å². The van der Waals surface area contributed by atoms with Crippen molar-refractivity contribution in [1.29, 1.82) is 0 Å². The van der Waals surface area contributed by atoms with Crippen LogP contribution in [0.4, 0.5) is 5.69 Å². The van der Waals surface area contributed by atoms with Crippen LogP contribution in [0.5, 0.6) is 0 Å². The van der Waals surface area contributed by atoms with Crippen molar-refractivity contribution in [2.75, 3.05) is 18.4 Å². The van der Waals surface area contributed by atoms with E-state index in [9.17, 15) is 4.79 Å². The van der Waals surface area contributed by atoms with Gasteiger partial charge in [-0.1, -0.05) is 29.4 Å². The van der Waals surface area contributed by atoms with E-state index in [2.05, 4.69) is 49.0 Å². The van der Waals surface area contributed by atoms with E-state index in [1.165, 1.54) is 0 Å². The van der Waals surface area contributed by atoms with Crippen molar-refractivity contribution in [3.8, 4) is 11.4 Å². The van der Waals surface area contributed by atoms with Gasteiger partial charge in [0.25, 0.3) is 0 Å². The maximum absolute atomic E-state index is 12.8. The first-order valence-corrected chi connectivity index (χ1v) is 11.3. The second-order valence-corrected chi connectivity index (χ2v) is 9.10. The number of benzene rings is 2. The largest absolute Gasteiger partial charge is 0.338 e. The lowest BCUT2D eigenvalue weighted by molar-refractivity contribution is -0.121. The van der Waals surface area contributed by atoms with Crippen molar-refractivity contribution in [3.05, 3.63) is 63.1 Å². The number of anilines is 1. The highest BCUT2D eigenvalue weighted by Crippen LogP contribution is 2.24. The Morgan fingerprint density at radius 1 is 1.23 bits per heavy atom. The van der Waals surface area contributed by atoms with Crippen LogP contribution < -0.4 is 5.32 Å². The third-order valence-electron chi connectivity index (χ3n) is 5.54. The summed E-state index contributed by atoms with van der Waals surface area (Å²) in [4.78, 5) is 19.6. The number of nitrogens with zero attached hydrogens (tertiary/aromatic N) is 3. The molecule has 156 valence electrons. The topological polar surface area (TPSA) is 71.3 Å². The number of nitrogens with one attached hydrogen (secondary N) is 1. The minimum absolute atomic E-state index is 0.0452. The van der Waals surface area contributed by atoms with Crippen LogP contribution in [0, 0.1) is 23.3 Å². The van der Waals surface area contributed by atoms with Crippen molar-refractivity contribution < 1.29 is 9.32 Å². The maximum atomic E-state index is 12.8. The van der Waals surface area contributed by atoms with Gasteiger partial charge in [0.05, 0.1) is 12.5 Å². The van der Waals surface area contributed by atoms with Gasteiger partial charge in [-0.05, 0) is 85.2 Å². The Hall–Kier alpha value is -2.26. The first-order chi connectivity index (χ1) is 14.5. The summed E-state index contributed by atoms with van der Waals surface area (Å²) >= 11 is 2.28. The Morgan fingerprint density at radius 2 is 2.07 bits per heavy atom. The molecule has 0 saturated carbocycles. The maximum Gasteiger partial charge on any atom is 0.241 e. The predicted octanol–water partition coefficient (Wildman–Crippen LogP) is 4.81. The molecule has 0 radical (unpaired) electrons. The molecule has 1 aliphatic rings. The minimum atomic E-state index is -0.0452. The molecule has 1 amide bonds. The highest BCUT2D eigenvalue weighted by atomic mass is 127. The summed E-state index contributed by atoms with van der Waals surface area (Å²) in [6.07, 6.45) is 1.87. The molecule has 1 unspecified atom stereocenters. The van der Waals surface area contributed by atoms with E-state index < -0.39 is 0 Å². The van der Waals surface area contributed by atoms with Crippen LogP contribution in [-0.2, 0) is 11.3 Å². The van der Waals surface area contributed by atoms with E-state index >= 15 is 0 Å². The van der Waals surface area contributed by atoms with E-state index in [0.29, 0.717) is 24.8 Å². The molecule has 1 atom stereocenters. The van der Waals surface area contributed by atoms with Gasteiger partial charge < -0.3 is 9.84 Å². The second kappa shape index (κ2) is 9.26. The standard InChI is InChI=1S/C23H25IN4O2/c1-15-6-3-4-8-19(15)22-26-21(30-27-22)14-28-11-5-7-17(13-28)23(29)25-20-10-9-18(24)12-16(20)2/h3-4,6,8-10,12,17H,5,7,11,13-14H2,1-2H3,(H,25,29). The monoisotopic (exact) mass is 516 g/mol. The number of aromatic nitrogens is 2. The molecule has 30 heavy (non-hydrogen) atoms. The average Bonchev–Trinajstić information content (AvgIpc) is 3.19. The Kier molecular flexibility index (Phi) is 6.48. The molecule has 4 rings (SSSR count). The molecule has 0 bridgehead atoms. The number of piperidine rings is 1. The van der Waals surface area contributed by atoms with E-state index in [4.69, 9.17) is 4.52 Å². The third kappa shape index (κ3) is 4.89. The number of halogens is 1. The summed E-state index contributed by atoms with van der Waals surface area (Å²) in [6.45, 7) is 6.23. The van der Waals surface area contributed by atoms with Crippen molar-refractivity contribution in [2.45, 2.75) is 33.2 Å². The lowest BCUT2D eigenvalue weighted by Crippen LogP contribution is -2.40. The number of rotatable bonds is 5. The number of hydrogen-bond acceptors (Lipinski definition) is 5. The highest BCUT2D eigenvalue weighted by molar-refractivity contribution is 14.1. The molecule has 1 N–H and O–H groups in total. The number of carbonyl (C=O) groups excluding carboxylic acids is 1. The number of amides is 1. The first-order valence-electron chi connectivity index (χ1n) is 10.2. The van der Waals surface area contributed by atoms with Crippen molar-refractivity contribution in [2.24, 2.45) is 5.92 Å². The van der Waals surface area contributed by atoms with Crippen LogP contribution in [0.25, 0.3) is 11.4 Å². The second-order valence-electron chi connectivity index (χ2n) is 7.85. The Bertz CT molecular complexity index is 1050. The molecule has 2 aromatic carbocycles. The van der Waals surface area contributed by atoms with Crippen LogP contribution >= 0.6 is 22.6 Å². The van der Waals surface area contributed by atoms with Gasteiger partial charge in [-0.15, -0.1) is 0 Å². The quantitative estimate of drug-likeness (QED) is 0.493. The number of aryl methyl sites for hydroxylation is 2.